The van der Waals surface area contributed by atoms with Gasteiger partial charge in [-0.1, -0.05) is 32.6 Å². The van der Waals surface area contributed by atoms with Crippen molar-refractivity contribution in [3.8, 4) is 0 Å². The van der Waals surface area contributed by atoms with E-state index in [9.17, 15) is 4.79 Å². The van der Waals surface area contributed by atoms with Crippen molar-refractivity contribution in [2.24, 2.45) is 5.73 Å². The Labute approximate surface area is 121 Å². The van der Waals surface area contributed by atoms with Gasteiger partial charge in [-0.3, -0.25) is 4.79 Å². The molecular formula is C14H23ClN2O2. The minimum atomic E-state index is -0.404. The highest BCUT2D eigenvalue weighted by Gasteiger charge is 2.04. The van der Waals surface area contributed by atoms with Crippen molar-refractivity contribution in [3.05, 3.63) is 30.1 Å². The van der Waals surface area contributed by atoms with Crippen molar-refractivity contribution in [1.29, 1.82) is 0 Å². The molecule has 108 valence electrons. The zero-order chi connectivity index (χ0) is 13.2. The fraction of sp³-hybridized carbons (Fsp3) is 0.571. The predicted molar refractivity (Wildman–Crippen MR) is 69.9 cm³/mol. The Morgan fingerprint density at radius 2 is 1.84 bits per heavy atom. The average Bonchev–Trinajstić information content (AvgIpc) is 2.38. The highest BCUT2D eigenvalue weighted by Crippen LogP contribution is 2.02. The summed E-state index contributed by atoms with van der Waals surface area (Å²) in [5.74, 6) is -0.404. The van der Waals surface area contributed by atoms with Gasteiger partial charge in [-0.2, -0.15) is 4.57 Å². The number of carbonyl (C=O) groups is 1. The Balaban J connectivity index is 0.00000324. The SMILES string of the molecule is CCCCCCCOC[n+]1ccc(C(N)=O)cc1.[Cl-]. The van der Waals surface area contributed by atoms with Crippen LogP contribution in [0.5, 0.6) is 0 Å². The first-order valence-electron chi connectivity index (χ1n) is 6.60. The molecule has 4 nitrogen and oxygen atoms in total. The van der Waals surface area contributed by atoms with E-state index in [1.54, 1.807) is 24.5 Å². The maximum absolute atomic E-state index is 10.9. The molecule has 0 aliphatic heterocycles. The predicted octanol–water partition coefficient (Wildman–Crippen LogP) is -0.978. The second kappa shape index (κ2) is 10.8. The molecule has 0 spiro atoms. The lowest BCUT2D eigenvalue weighted by molar-refractivity contribution is -0.732. The number of halogens is 1. The number of ether oxygens (including phenoxy) is 1. The Hall–Kier alpha value is -1.13. The number of pyridine rings is 1. The van der Waals surface area contributed by atoms with E-state index in [-0.39, 0.29) is 12.4 Å². The third-order valence-electron chi connectivity index (χ3n) is 2.81. The minimum absolute atomic E-state index is 0. The van der Waals surface area contributed by atoms with Crippen molar-refractivity contribution in [2.75, 3.05) is 6.61 Å². The van der Waals surface area contributed by atoms with Crippen LogP contribution in [0.3, 0.4) is 0 Å². The van der Waals surface area contributed by atoms with E-state index in [1.165, 1.54) is 25.7 Å². The Bertz CT molecular complexity index is 355. The molecule has 1 aromatic heterocycles. The highest BCUT2D eigenvalue weighted by atomic mass is 35.5. The molecule has 1 amide bonds. The summed E-state index contributed by atoms with van der Waals surface area (Å²) in [5, 5.41) is 0. The van der Waals surface area contributed by atoms with Gasteiger partial charge < -0.3 is 22.9 Å². The molecule has 0 unspecified atom stereocenters. The van der Waals surface area contributed by atoms with E-state index in [2.05, 4.69) is 6.92 Å². The molecule has 0 fully saturated rings. The normalized spacial score (nSPS) is 9.95. The number of hydrogen-bond donors (Lipinski definition) is 1. The number of amides is 1. The van der Waals surface area contributed by atoms with Crippen LogP contribution < -0.4 is 22.7 Å². The standard InChI is InChI=1S/C14H22N2O2.ClH/c1-2-3-4-5-6-11-18-12-16-9-7-13(8-10-16)14(15)17;/h7-10H,2-6,11-12H2,1H3,(H-,15,17);1H. The lowest BCUT2D eigenvalue weighted by Gasteiger charge is -2.01. The second-order valence-corrected chi connectivity index (χ2v) is 4.42. The summed E-state index contributed by atoms with van der Waals surface area (Å²) >= 11 is 0. The van der Waals surface area contributed by atoms with Crippen LogP contribution in [0.25, 0.3) is 0 Å². The molecule has 5 heteroatoms. The number of carbonyl (C=O) groups excluding carboxylic acids is 1. The van der Waals surface area contributed by atoms with Crippen LogP contribution in [0, 0.1) is 0 Å². The first-order chi connectivity index (χ1) is 8.74. The molecule has 19 heavy (non-hydrogen) atoms. The van der Waals surface area contributed by atoms with Crippen LogP contribution in [0.2, 0.25) is 0 Å². The van der Waals surface area contributed by atoms with Crippen LogP contribution in [0.4, 0.5) is 0 Å². The van der Waals surface area contributed by atoms with Crippen molar-refractivity contribution in [3.63, 3.8) is 0 Å². The maximum atomic E-state index is 10.9. The summed E-state index contributed by atoms with van der Waals surface area (Å²) < 4.78 is 7.43. The molecule has 2 N–H and O–H groups in total. The number of unbranched alkanes of at least 4 members (excludes halogenated alkanes) is 4. The van der Waals surface area contributed by atoms with E-state index in [1.807, 2.05) is 4.57 Å². The Morgan fingerprint density at radius 3 is 2.42 bits per heavy atom. The third-order valence-corrected chi connectivity index (χ3v) is 2.81. The second-order valence-electron chi connectivity index (χ2n) is 4.42. The van der Waals surface area contributed by atoms with Gasteiger partial charge in [-0.25, -0.2) is 0 Å². The van der Waals surface area contributed by atoms with Crippen LogP contribution in [0.1, 0.15) is 49.4 Å². The molecule has 0 saturated heterocycles. The number of nitrogens with two attached hydrogens (primary N) is 1. The number of primary amides is 1. The van der Waals surface area contributed by atoms with Crippen molar-refractivity contribution >= 4 is 5.91 Å². The summed E-state index contributed by atoms with van der Waals surface area (Å²) in [7, 11) is 0. The molecule has 0 aliphatic carbocycles. The van der Waals surface area contributed by atoms with E-state index >= 15 is 0 Å². The van der Waals surface area contributed by atoms with Crippen LogP contribution in [0.15, 0.2) is 24.5 Å². The minimum Gasteiger partial charge on any atom is -1.00 e. The first-order valence-corrected chi connectivity index (χ1v) is 6.60. The van der Waals surface area contributed by atoms with Gasteiger partial charge in [-0.05, 0) is 6.42 Å². The Kier molecular flexibility index (Phi) is 10.1. The van der Waals surface area contributed by atoms with Gasteiger partial charge in [0.05, 0.1) is 12.2 Å². The van der Waals surface area contributed by atoms with Crippen LogP contribution >= 0.6 is 0 Å². The van der Waals surface area contributed by atoms with Crippen molar-refractivity contribution < 1.29 is 26.5 Å². The summed E-state index contributed by atoms with van der Waals surface area (Å²) in [4.78, 5) is 10.9. The lowest BCUT2D eigenvalue weighted by Crippen LogP contribution is -3.00. The summed E-state index contributed by atoms with van der Waals surface area (Å²) in [6.45, 7) is 3.52. The topological polar surface area (TPSA) is 56.2 Å². The van der Waals surface area contributed by atoms with Gasteiger partial charge in [0.2, 0.25) is 5.91 Å². The summed E-state index contributed by atoms with van der Waals surface area (Å²) in [6, 6.07) is 3.40. The van der Waals surface area contributed by atoms with E-state index < -0.39 is 5.91 Å². The summed E-state index contributed by atoms with van der Waals surface area (Å²) in [6.07, 6.45) is 9.82. The van der Waals surface area contributed by atoms with Gasteiger partial charge in [0.15, 0.2) is 12.4 Å². The molecular weight excluding hydrogens is 264 g/mol. The molecule has 1 heterocycles. The van der Waals surface area contributed by atoms with Gasteiger partial charge in [0, 0.05) is 12.1 Å². The van der Waals surface area contributed by atoms with Crippen molar-refractivity contribution in [1.82, 2.24) is 0 Å². The monoisotopic (exact) mass is 286 g/mol. The maximum Gasteiger partial charge on any atom is 0.252 e. The quantitative estimate of drug-likeness (QED) is 0.469. The molecule has 1 rings (SSSR count). The van der Waals surface area contributed by atoms with Gasteiger partial charge in [-0.15, -0.1) is 0 Å². The van der Waals surface area contributed by atoms with E-state index in [4.69, 9.17) is 10.5 Å². The zero-order valence-corrected chi connectivity index (χ0v) is 12.2. The van der Waals surface area contributed by atoms with E-state index in [0.29, 0.717) is 12.3 Å². The molecule has 0 radical (unpaired) electrons. The largest absolute Gasteiger partial charge is 1.00 e. The fourth-order valence-corrected chi connectivity index (χ4v) is 1.69. The average molecular weight is 287 g/mol. The van der Waals surface area contributed by atoms with Gasteiger partial charge in [0.1, 0.15) is 0 Å². The summed E-state index contributed by atoms with van der Waals surface area (Å²) in [5.41, 5.74) is 5.68. The van der Waals surface area contributed by atoms with Crippen molar-refractivity contribution in [2.45, 2.75) is 45.8 Å². The third kappa shape index (κ3) is 7.80. The van der Waals surface area contributed by atoms with Gasteiger partial charge >= 0.3 is 0 Å². The van der Waals surface area contributed by atoms with Crippen LogP contribution in [-0.2, 0) is 11.5 Å². The van der Waals surface area contributed by atoms with Crippen LogP contribution in [-0.4, -0.2) is 12.5 Å². The smallest absolute Gasteiger partial charge is 0.252 e. The molecule has 0 aliphatic rings. The molecule has 0 saturated carbocycles. The number of nitrogens with zero attached hydrogens (tertiary/aromatic N) is 1. The molecule has 0 bridgehead atoms. The molecule has 0 atom stereocenters. The lowest BCUT2D eigenvalue weighted by atomic mass is 10.2. The van der Waals surface area contributed by atoms with E-state index in [0.717, 1.165) is 13.0 Å². The number of hydrogen-bond acceptors (Lipinski definition) is 2. The number of aromatic nitrogens is 1. The fourth-order valence-electron chi connectivity index (χ4n) is 1.69. The molecule has 1 aromatic rings. The zero-order valence-electron chi connectivity index (χ0n) is 11.5. The highest BCUT2D eigenvalue weighted by molar-refractivity contribution is 5.92. The first kappa shape index (κ1) is 17.9. The Morgan fingerprint density at radius 1 is 1.21 bits per heavy atom. The van der Waals surface area contributed by atoms with Gasteiger partial charge in [0.25, 0.3) is 6.73 Å². The number of rotatable bonds is 9. The molecule has 0 aromatic carbocycles.